The van der Waals surface area contributed by atoms with E-state index in [4.69, 9.17) is 4.74 Å². The summed E-state index contributed by atoms with van der Waals surface area (Å²) in [5, 5.41) is 3.34. The number of hydrogen-bond acceptors (Lipinski definition) is 4. The van der Waals surface area contributed by atoms with Crippen LogP contribution in [0.5, 0.6) is 0 Å². The Morgan fingerprint density at radius 1 is 1.21 bits per heavy atom. The number of halogens is 1. The second-order valence-corrected chi connectivity index (χ2v) is 6.57. The number of nitrogens with zero attached hydrogens (tertiary/aromatic N) is 2. The van der Waals surface area contributed by atoms with Gasteiger partial charge in [0.1, 0.15) is 5.82 Å². The maximum atomic E-state index is 13.0. The van der Waals surface area contributed by atoms with Gasteiger partial charge in [0.05, 0.1) is 13.2 Å². The summed E-state index contributed by atoms with van der Waals surface area (Å²) in [6, 6.07) is 6.81. The Morgan fingerprint density at radius 3 is 2.79 bits per heavy atom. The van der Waals surface area contributed by atoms with E-state index in [0.717, 1.165) is 57.9 Å². The van der Waals surface area contributed by atoms with Crippen LogP contribution < -0.4 is 5.32 Å². The fraction of sp³-hybridized carbons (Fsp3) is 0.611. The normalized spacial score (nSPS) is 23.0. The third kappa shape index (κ3) is 5.00. The predicted molar refractivity (Wildman–Crippen MR) is 90.1 cm³/mol. The number of amides is 1. The molecule has 2 aliphatic rings. The quantitative estimate of drug-likeness (QED) is 0.899. The lowest BCUT2D eigenvalue weighted by atomic mass is 10.1. The van der Waals surface area contributed by atoms with Gasteiger partial charge in [0, 0.05) is 51.7 Å². The summed E-state index contributed by atoms with van der Waals surface area (Å²) in [6.07, 6.45) is 1.49. The first-order valence-electron chi connectivity index (χ1n) is 8.76. The molecule has 0 aliphatic carbocycles. The fourth-order valence-corrected chi connectivity index (χ4v) is 3.32. The van der Waals surface area contributed by atoms with Crippen molar-refractivity contribution >= 4 is 5.91 Å². The molecule has 2 aliphatic heterocycles. The van der Waals surface area contributed by atoms with Crippen molar-refractivity contribution in [3.05, 3.63) is 35.6 Å². The van der Waals surface area contributed by atoms with E-state index in [1.54, 1.807) is 0 Å². The second kappa shape index (κ2) is 8.55. The van der Waals surface area contributed by atoms with Crippen molar-refractivity contribution < 1.29 is 13.9 Å². The maximum Gasteiger partial charge on any atom is 0.224 e. The van der Waals surface area contributed by atoms with E-state index in [9.17, 15) is 9.18 Å². The van der Waals surface area contributed by atoms with Crippen LogP contribution in [0, 0.1) is 5.82 Å². The fourth-order valence-electron chi connectivity index (χ4n) is 3.32. The monoisotopic (exact) mass is 335 g/mol. The van der Waals surface area contributed by atoms with E-state index in [2.05, 4.69) is 10.2 Å². The molecule has 2 fully saturated rings. The van der Waals surface area contributed by atoms with Crippen LogP contribution in [0.1, 0.15) is 18.4 Å². The number of benzene rings is 1. The van der Waals surface area contributed by atoms with Gasteiger partial charge in [0.15, 0.2) is 0 Å². The van der Waals surface area contributed by atoms with Crippen molar-refractivity contribution in [1.82, 2.24) is 15.1 Å². The first-order chi connectivity index (χ1) is 11.7. The van der Waals surface area contributed by atoms with Crippen LogP contribution in [-0.2, 0) is 16.1 Å². The van der Waals surface area contributed by atoms with Gasteiger partial charge in [0.2, 0.25) is 5.91 Å². The van der Waals surface area contributed by atoms with E-state index in [1.165, 1.54) is 12.1 Å². The lowest BCUT2D eigenvalue weighted by Gasteiger charge is -2.27. The van der Waals surface area contributed by atoms with Gasteiger partial charge in [0.25, 0.3) is 0 Å². The highest BCUT2D eigenvalue weighted by atomic mass is 19.1. The summed E-state index contributed by atoms with van der Waals surface area (Å²) in [7, 11) is 0. The molecule has 132 valence electrons. The van der Waals surface area contributed by atoms with Gasteiger partial charge >= 0.3 is 0 Å². The van der Waals surface area contributed by atoms with Crippen LogP contribution >= 0.6 is 0 Å². The number of morpholine rings is 1. The maximum absolute atomic E-state index is 13.0. The molecule has 5 nitrogen and oxygen atoms in total. The average Bonchev–Trinajstić information content (AvgIpc) is 2.83. The van der Waals surface area contributed by atoms with Crippen molar-refractivity contribution in [2.75, 3.05) is 45.9 Å². The lowest BCUT2D eigenvalue weighted by Crippen LogP contribution is -2.45. The van der Waals surface area contributed by atoms with Crippen molar-refractivity contribution in [3.8, 4) is 0 Å². The van der Waals surface area contributed by atoms with Gasteiger partial charge in [-0.05, 0) is 24.1 Å². The minimum Gasteiger partial charge on any atom is -0.378 e. The summed E-state index contributed by atoms with van der Waals surface area (Å²) in [6.45, 7) is 6.37. The smallest absolute Gasteiger partial charge is 0.224 e. The molecule has 0 bridgehead atoms. The molecular weight excluding hydrogens is 309 g/mol. The number of carbonyl (C=O) groups is 1. The summed E-state index contributed by atoms with van der Waals surface area (Å²) in [4.78, 5) is 16.8. The van der Waals surface area contributed by atoms with Gasteiger partial charge in [-0.1, -0.05) is 12.1 Å². The molecule has 6 heteroatoms. The van der Waals surface area contributed by atoms with Crippen molar-refractivity contribution in [2.45, 2.75) is 25.4 Å². The highest BCUT2D eigenvalue weighted by Gasteiger charge is 2.23. The molecule has 3 rings (SSSR count). The molecule has 24 heavy (non-hydrogen) atoms. The van der Waals surface area contributed by atoms with Crippen LogP contribution in [0.25, 0.3) is 0 Å². The SMILES string of the molecule is O=C(CC1COCCN1)N1CCCN(Cc2ccc(F)cc2)CC1. The molecule has 1 aromatic carbocycles. The van der Waals surface area contributed by atoms with Gasteiger partial charge in [-0.15, -0.1) is 0 Å². The van der Waals surface area contributed by atoms with E-state index in [1.807, 2.05) is 17.0 Å². The first-order valence-corrected chi connectivity index (χ1v) is 8.76. The van der Waals surface area contributed by atoms with Crippen LogP contribution in [0.2, 0.25) is 0 Å². The van der Waals surface area contributed by atoms with Crippen LogP contribution in [-0.4, -0.2) is 67.7 Å². The zero-order chi connectivity index (χ0) is 16.8. The molecule has 0 spiro atoms. The van der Waals surface area contributed by atoms with Crippen molar-refractivity contribution in [1.29, 1.82) is 0 Å². The van der Waals surface area contributed by atoms with Crippen molar-refractivity contribution in [3.63, 3.8) is 0 Å². The zero-order valence-corrected chi connectivity index (χ0v) is 14.0. The van der Waals surface area contributed by atoms with Crippen LogP contribution in [0.3, 0.4) is 0 Å². The largest absolute Gasteiger partial charge is 0.378 e. The minimum atomic E-state index is -0.202. The molecule has 1 unspecified atom stereocenters. The van der Waals surface area contributed by atoms with Gasteiger partial charge in [-0.25, -0.2) is 4.39 Å². The summed E-state index contributed by atoms with van der Waals surface area (Å²) >= 11 is 0. The van der Waals surface area contributed by atoms with E-state index in [-0.39, 0.29) is 17.8 Å². The third-order valence-corrected chi connectivity index (χ3v) is 4.68. The number of rotatable bonds is 4. The van der Waals surface area contributed by atoms with E-state index >= 15 is 0 Å². The molecule has 0 aromatic heterocycles. The summed E-state index contributed by atoms with van der Waals surface area (Å²) in [5.74, 6) is 0.00771. The van der Waals surface area contributed by atoms with E-state index in [0.29, 0.717) is 13.0 Å². The predicted octanol–water partition coefficient (Wildman–Crippen LogP) is 1.24. The van der Waals surface area contributed by atoms with Crippen molar-refractivity contribution in [2.24, 2.45) is 0 Å². The number of ether oxygens (including phenoxy) is 1. The Kier molecular flexibility index (Phi) is 6.18. The average molecular weight is 335 g/mol. The summed E-state index contributed by atoms with van der Waals surface area (Å²) < 4.78 is 18.4. The minimum absolute atomic E-state index is 0.143. The second-order valence-electron chi connectivity index (χ2n) is 6.57. The van der Waals surface area contributed by atoms with Crippen LogP contribution in [0.15, 0.2) is 24.3 Å². The van der Waals surface area contributed by atoms with Crippen LogP contribution in [0.4, 0.5) is 4.39 Å². The number of hydrogen-bond donors (Lipinski definition) is 1. The van der Waals surface area contributed by atoms with Gasteiger partial charge in [-0.3, -0.25) is 9.69 Å². The lowest BCUT2D eigenvalue weighted by molar-refractivity contribution is -0.132. The highest BCUT2D eigenvalue weighted by molar-refractivity contribution is 5.76. The Hall–Kier alpha value is -1.50. The third-order valence-electron chi connectivity index (χ3n) is 4.68. The number of carbonyl (C=O) groups excluding carboxylic acids is 1. The zero-order valence-electron chi connectivity index (χ0n) is 14.0. The topological polar surface area (TPSA) is 44.8 Å². The Balaban J connectivity index is 1.47. The molecule has 0 radical (unpaired) electrons. The molecular formula is C18H26FN3O2. The molecule has 1 N–H and O–H groups in total. The van der Waals surface area contributed by atoms with E-state index < -0.39 is 0 Å². The highest BCUT2D eigenvalue weighted by Crippen LogP contribution is 2.11. The summed E-state index contributed by atoms with van der Waals surface area (Å²) in [5.41, 5.74) is 1.11. The first kappa shape index (κ1) is 17.3. The Labute approximate surface area is 142 Å². The molecule has 2 saturated heterocycles. The standard InChI is InChI=1S/C18H26FN3O2/c19-16-4-2-15(3-5-16)13-21-7-1-8-22(10-9-21)18(23)12-17-14-24-11-6-20-17/h2-5,17,20H,1,6-14H2. The molecule has 1 amide bonds. The Bertz CT molecular complexity index is 532. The molecule has 1 atom stereocenters. The molecule has 1 aromatic rings. The Morgan fingerprint density at radius 2 is 2.04 bits per heavy atom. The number of nitrogens with one attached hydrogen (secondary N) is 1. The van der Waals surface area contributed by atoms with Gasteiger partial charge in [-0.2, -0.15) is 0 Å². The van der Waals surface area contributed by atoms with Gasteiger partial charge < -0.3 is 15.0 Å². The molecule has 0 saturated carbocycles. The molecule has 2 heterocycles.